The quantitative estimate of drug-likeness (QED) is 0.899. The number of ether oxygens (including phenoxy) is 1. The van der Waals surface area contributed by atoms with Gasteiger partial charge in [-0.15, -0.1) is 0 Å². The van der Waals surface area contributed by atoms with Crippen molar-refractivity contribution in [3.05, 3.63) is 65.2 Å². The first-order valence-electron chi connectivity index (χ1n) is 6.58. The first kappa shape index (κ1) is 14.1. The highest BCUT2D eigenvalue weighted by molar-refractivity contribution is 5.76. The zero-order valence-electron chi connectivity index (χ0n) is 11.7. The second-order valence-corrected chi connectivity index (χ2v) is 4.85. The van der Waals surface area contributed by atoms with Crippen LogP contribution in [0.2, 0.25) is 0 Å². The number of hydrogen-bond acceptors (Lipinski definition) is 2. The van der Waals surface area contributed by atoms with Crippen LogP contribution < -0.4 is 4.74 Å². The molecule has 0 aliphatic rings. The molecular formula is C17H18O3. The van der Waals surface area contributed by atoms with Crippen molar-refractivity contribution < 1.29 is 14.6 Å². The molecule has 0 saturated carbocycles. The maximum atomic E-state index is 11.0. The van der Waals surface area contributed by atoms with Gasteiger partial charge in [-0.1, -0.05) is 36.4 Å². The van der Waals surface area contributed by atoms with E-state index in [1.54, 1.807) is 6.92 Å². The summed E-state index contributed by atoms with van der Waals surface area (Å²) in [5.41, 5.74) is 2.86. The molecule has 1 N–H and O–H groups in total. The van der Waals surface area contributed by atoms with Crippen molar-refractivity contribution in [2.75, 3.05) is 0 Å². The van der Waals surface area contributed by atoms with Gasteiger partial charge in [0.15, 0.2) is 0 Å². The Morgan fingerprint density at radius 2 is 1.90 bits per heavy atom. The van der Waals surface area contributed by atoms with E-state index in [0.29, 0.717) is 6.61 Å². The molecule has 2 aromatic carbocycles. The molecule has 104 valence electrons. The maximum absolute atomic E-state index is 11.0. The molecule has 20 heavy (non-hydrogen) atoms. The van der Waals surface area contributed by atoms with Gasteiger partial charge in [-0.05, 0) is 42.7 Å². The van der Waals surface area contributed by atoms with Crippen LogP contribution in [0.25, 0.3) is 0 Å². The minimum absolute atomic E-state index is 0.502. The van der Waals surface area contributed by atoms with Crippen LogP contribution >= 0.6 is 0 Å². The summed E-state index contributed by atoms with van der Waals surface area (Å²) in [6.07, 6.45) is 0. The minimum atomic E-state index is -0.814. The van der Waals surface area contributed by atoms with Crippen molar-refractivity contribution in [2.45, 2.75) is 26.4 Å². The van der Waals surface area contributed by atoms with Crippen molar-refractivity contribution in [1.29, 1.82) is 0 Å². The Bertz CT molecular complexity index is 590. The van der Waals surface area contributed by atoms with Gasteiger partial charge in [0, 0.05) is 0 Å². The number of rotatable bonds is 5. The molecule has 2 aromatic rings. The van der Waals surface area contributed by atoms with Crippen LogP contribution in [0.15, 0.2) is 48.5 Å². The highest BCUT2D eigenvalue weighted by Crippen LogP contribution is 2.24. The number of carboxylic acids is 1. The molecule has 0 bridgehead atoms. The Hall–Kier alpha value is -2.29. The van der Waals surface area contributed by atoms with Gasteiger partial charge in [-0.25, -0.2) is 0 Å². The third-order valence-corrected chi connectivity index (χ3v) is 3.33. The molecule has 0 aliphatic carbocycles. The molecule has 0 unspecified atom stereocenters. The van der Waals surface area contributed by atoms with Crippen molar-refractivity contribution >= 4 is 5.97 Å². The second kappa shape index (κ2) is 6.24. The standard InChI is InChI=1S/C17H18O3/c1-12-10-15(8-9-16(12)13(2)17(18)19)20-11-14-6-4-3-5-7-14/h3-10,13H,11H2,1-2H3,(H,18,19)/t13-/m1/s1. The summed E-state index contributed by atoms with van der Waals surface area (Å²) in [5.74, 6) is -0.558. The average Bonchev–Trinajstić information content (AvgIpc) is 2.45. The fourth-order valence-electron chi connectivity index (χ4n) is 2.10. The van der Waals surface area contributed by atoms with E-state index in [1.807, 2.05) is 55.5 Å². The van der Waals surface area contributed by atoms with Gasteiger partial charge in [-0.3, -0.25) is 4.79 Å². The number of aliphatic carboxylic acids is 1. The highest BCUT2D eigenvalue weighted by Gasteiger charge is 2.16. The van der Waals surface area contributed by atoms with Crippen molar-refractivity contribution in [1.82, 2.24) is 0 Å². The third-order valence-electron chi connectivity index (χ3n) is 3.33. The fourth-order valence-corrected chi connectivity index (χ4v) is 2.10. The topological polar surface area (TPSA) is 46.5 Å². The lowest BCUT2D eigenvalue weighted by Crippen LogP contribution is -2.09. The number of aryl methyl sites for hydroxylation is 1. The molecule has 0 spiro atoms. The summed E-state index contributed by atoms with van der Waals surface area (Å²) in [6, 6.07) is 15.5. The van der Waals surface area contributed by atoms with Gasteiger partial charge in [0.2, 0.25) is 0 Å². The normalized spacial score (nSPS) is 11.9. The molecule has 2 rings (SSSR count). The Morgan fingerprint density at radius 1 is 1.20 bits per heavy atom. The summed E-state index contributed by atoms with van der Waals surface area (Å²) < 4.78 is 5.72. The summed E-state index contributed by atoms with van der Waals surface area (Å²) in [5, 5.41) is 9.05. The Morgan fingerprint density at radius 3 is 2.50 bits per heavy atom. The summed E-state index contributed by atoms with van der Waals surface area (Å²) in [7, 11) is 0. The van der Waals surface area contributed by atoms with Crippen molar-refractivity contribution in [3.8, 4) is 5.75 Å². The van der Waals surface area contributed by atoms with Crippen molar-refractivity contribution in [3.63, 3.8) is 0 Å². The average molecular weight is 270 g/mol. The van der Waals surface area contributed by atoms with E-state index in [2.05, 4.69) is 0 Å². The molecule has 3 heteroatoms. The lowest BCUT2D eigenvalue weighted by atomic mass is 9.96. The number of benzene rings is 2. The maximum Gasteiger partial charge on any atom is 0.310 e. The molecule has 0 aromatic heterocycles. The molecule has 1 atom stereocenters. The van der Waals surface area contributed by atoms with Crippen LogP contribution in [-0.4, -0.2) is 11.1 Å². The molecule has 0 amide bonds. The Kier molecular flexibility index (Phi) is 4.41. The highest BCUT2D eigenvalue weighted by atomic mass is 16.5. The SMILES string of the molecule is Cc1cc(OCc2ccccc2)ccc1[C@@H](C)C(=O)O. The van der Waals surface area contributed by atoms with E-state index < -0.39 is 11.9 Å². The Labute approximate surface area is 118 Å². The second-order valence-electron chi connectivity index (χ2n) is 4.85. The molecule has 0 radical (unpaired) electrons. The van der Waals surface area contributed by atoms with Crippen LogP contribution in [0.1, 0.15) is 29.5 Å². The van der Waals surface area contributed by atoms with E-state index >= 15 is 0 Å². The van der Waals surface area contributed by atoms with Gasteiger partial charge < -0.3 is 9.84 Å². The summed E-state index contributed by atoms with van der Waals surface area (Å²) in [4.78, 5) is 11.0. The van der Waals surface area contributed by atoms with Gasteiger partial charge >= 0.3 is 5.97 Å². The summed E-state index contributed by atoms with van der Waals surface area (Å²) in [6.45, 7) is 4.10. The number of hydrogen-bond donors (Lipinski definition) is 1. The molecule has 0 heterocycles. The first-order chi connectivity index (χ1) is 9.58. The minimum Gasteiger partial charge on any atom is -0.489 e. The van der Waals surface area contributed by atoms with E-state index in [0.717, 1.165) is 22.4 Å². The lowest BCUT2D eigenvalue weighted by molar-refractivity contribution is -0.138. The summed E-state index contributed by atoms with van der Waals surface area (Å²) >= 11 is 0. The van der Waals surface area contributed by atoms with Crippen LogP contribution in [0.3, 0.4) is 0 Å². The molecule has 0 saturated heterocycles. The van der Waals surface area contributed by atoms with Crippen molar-refractivity contribution in [2.24, 2.45) is 0 Å². The smallest absolute Gasteiger partial charge is 0.310 e. The van der Waals surface area contributed by atoms with Crippen LogP contribution in [-0.2, 0) is 11.4 Å². The van der Waals surface area contributed by atoms with E-state index in [-0.39, 0.29) is 0 Å². The van der Waals surface area contributed by atoms with Gasteiger partial charge in [-0.2, -0.15) is 0 Å². The zero-order valence-corrected chi connectivity index (χ0v) is 11.7. The molecule has 3 nitrogen and oxygen atoms in total. The molecule has 0 aliphatic heterocycles. The fraction of sp³-hybridized carbons (Fsp3) is 0.235. The van der Waals surface area contributed by atoms with E-state index in [9.17, 15) is 4.79 Å². The Balaban J connectivity index is 2.08. The first-order valence-corrected chi connectivity index (χ1v) is 6.58. The van der Waals surface area contributed by atoms with E-state index in [1.165, 1.54) is 0 Å². The van der Waals surface area contributed by atoms with E-state index in [4.69, 9.17) is 9.84 Å². The molecular weight excluding hydrogens is 252 g/mol. The van der Waals surface area contributed by atoms with Crippen LogP contribution in [0.4, 0.5) is 0 Å². The van der Waals surface area contributed by atoms with Gasteiger partial charge in [0.25, 0.3) is 0 Å². The number of carbonyl (C=O) groups is 1. The third kappa shape index (κ3) is 3.38. The lowest BCUT2D eigenvalue weighted by Gasteiger charge is -2.13. The van der Waals surface area contributed by atoms with Crippen LogP contribution in [0.5, 0.6) is 5.75 Å². The van der Waals surface area contributed by atoms with Crippen LogP contribution in [0, 0.1) is 6.92 Å². The monoisotopic (exact) mass is 270 g/mol. The predicted molar refractivity (Wildman–Crippen MR) is 78.0 cm³/mol. The number of carboxylic acid groups (broad SMARTS) is 1. The predicted octanol–water partition coefficient (Wildman–Crippen LogP) is 3.76. The zero-order chi connectivity index (χ0) is 14.5. The van der Waals surface area contributed by atoms with Gasteiger partial charge in [0.1, 0.15) is 12.4 Å². The largest absolute Gasteiger partial charge is 0.489 e. The van der Waals surface area contributed by atoms with Gasteiger partial charge in [0.05, 0.1) is 5.92 Å². The molecule has 0 fully saturated rings.